The Hall–Kier alpha value is -1.59. The van der Waals surface area contributed by atoms with Crippen LogP contribution in [-0.2, 0) is 0 Å². The third-order valence-corrected chi connectivity index (χ3v) is 3.71. The summed E-state index contributed by atoms with van der Waals surface area (Å²) in [5, 5.41) is 3.02. The largest absolute Gasteiger partial charge is 0.495 e. The van der Waals surface area contributed by atoms with Crippen LogP contribution in [0.1, 0.15) is 10.4 Å². The first-order chi connectivity index (χ1) is 9.52. The monoisotopic (exact) mass is 357 g/mol. The number of methoxy groups -OCH3 is 1. The van der Waals surface area contributed by atoms with Gasteiger partial charge in [0, 0.05) is 5.69 Å². The van der Waals surface area contributed by atoms with Gasteiger partial charge in [0.1, 0.15) is 11.6 Å². The molecule has 0 unspecified atom stereocenters. The number of hydrogen-bond donors (Lipinski definition) is 1. The molecule has 2 aromatic carbocycles. The molecule has 0 saturated carbocycles. The predicted molar refractivity (Wildman–Crippen MR) is 80.1 cm³/mol. The van der Waals surface area contributed by atoms with E-state index in [9.17, 15) is 9.18 Å². The van der Waals surface area contributed by atoms with Crippen molar-refractivity contribution >= 4 is 39.1 Å². The molecule has 0 bridgehead atoms. The second kappa shape index (κ2) is 6.24. The second-order valence-electron chi connectivity index (χ2n) is 3.90. The minimum atomic E-state index is -0.495. The summed E-state index contributed by atoms with van der Waals surface area (Å²) in [7, 11) is 1.50. The van der Waals surface area contributed by atoms with Crippen LogP contribution in [0.2, 0.25) is 5.02 Å². The summed E-state index contributed by atoms with van der Waals surface area (Å²) in [6, 6.07) is 9.11. The van der Waals surface area contributed by atoms with Crippen molar-refractivity contribution in [1.29, 1.82) is 0 Å². The van der Waals surface area contributed by atoms with Crippen LogP contribution in [-0.4, -0.2) is 13.0 Å². The maximum atomic E-state index is 13.4. The van der Waals surface area contributed by atoms with Crippen molar-refractivity contribution in [3.05, 3.63) is 57.3 Å². The molecular formula is C14H10BrClFNO2. The fraction of sp³-hybridized carbons (Fsp3) is 0.0714. The first-order valence-corrected chi connectivity index (χ1v) is 6.79. The van der Waals surface area contributed by atoms with Gasteiger partial charge in [-0.05, 0) is 46.3 Å². The standard InChI is InChI=1S/C14H10BrClFNO2/c1-20-12-6-5-8(7-10(12)16)18-14(19)9-3-2-4-11(17)13(9)15/h2-7H,1H3,(H,18,19). The molecule has 0 aromatic heterocycles. The van der Waals surface area contributed by atoms with Gasteiger partial charge in [0.05, 0.1) is 22.2 Å². The van der Waals surface area contributed by atoms with E-state index in [4.69, 9.17) is 16.3 Å². The fourth-order valence-electron chi connectivity index (χ4n) is 1.62. The average Bonchev–Trinajstić information content (AvgIpc) is 2.42. The minimum absolute atomic E-state index is 0.122. The first kappa shape index (κ1) is 14.8. The van der Waals surface area contributed by atoms with E-state index in [1.54, 1.807) is 18.2 Å². The highest BCUT2D eigenvalue weighted by molar-refractivity contribution is 9.10. The zero-order chi connectivity index (χ0) is 14.7. The zero-order valence-electron chi connectivity index (χ0n) is 10.4. The van der Waals surface area contributed by atoms with Gasteiger partial charge in [-0.3, -0.25) is 4.79 Å². The molecule has 1 amide bonds. The van der Waals surface area contributed by atoms with Crippen LogP contribution < -0.4 is 10.1 Å². The molecule has 0 aliphatic rings. The van der Waals surface area contributed by atoms with Crippen LogP contribution >= 0.6 is 27.5 Å². The summed E-state index contributed by atoms with van der Waals surface area (Å²) in [6.45, 7) is 0. The van der Waals surface area contributed by atoms with E-state index in [0.717, 1.165) is 0 Å². The molecule has 3 nitrogen and oxygen atoms in total. The second-order valence-corrected chi connectivity index (χ2v) is 5.11. The lowest BCUT2D eigenvalue weighted by Gasteiger charge is -2.09. The summed E-state index contributed by atoms with van der Waals surface area (Å²) in [5.74, 6) is -0.417. The molecule has 1 N–H and O–H groups in total. The number of anilines is 1. The topological polar surface area (TPSA) is 38.3 Å². The number of halogens is 3. The maximum absolute atomic E-state index is 13.4. The van der Waals surface area contributed by atoms with Crippen molar-refractivity contribution in [2.45, 2.75) is 0 Å². The quantitative estimate of drug-likeness (QED) is 0.877. The molecule has 0 atom stereocenters. The Morgan fingerprint density at radius 2 is 2.10 bits per heavy atom. The Labute approximate surface area is 128 Å². The van der Waals surface area contributed by atoms with Gasteiger partial charge in [-0.2, -0.15) is 0 Å². The van der Waals surface area contributed by atoms with Gasteiger partial charge < -0.3 is 10.1 Å². The molecule has 2 aromatic rings. The summed E-state index contributed by atoms with van der Waals surface area (Å²) in [5.41, 5.74) is 0.703. The number of rotatable bonds is 3. The van der Waals surface area contributed by atoms with Gasteiger partial charge in [-0.15, -0.1) is 0 Å². The number of carbonyl (C=O) groups excluding carboxylic acids is 1. The molecule has 2 rings (SSSR count). The molecular weight excluding hydrogens is 349 g/mol. The summed E-state index contributed by atoms with van der Waals surface area (Å²) in [6.07, 6.45) is 0. The molecule has 104 valence electrons. The number of ether oxygens (including phenoxy) is 1. The molecule has 0 aliphatic heterocycles. The summed E-state index contributed by atoms with van der Waals surface area (Å²) < 4.78 is 18.5. The Balaban J connectivity index is 2.24. The maximum Gasteiger partial charge on any atom is 0.256 e. The SMILES string of the molecule is COc1ccc(NC(=O)c2cccc(F)c2Br)cc1Cl. The third kappa shape index (κ3) is 3.11. The molecule has 0 radical (unpaired) electrons. The molecule has 0 spiro atoms. The fourth-order valence-corrected chi connectivity index (χ4v) is 2.32. The van der Waals surface area contributed by atoms with Crippen LogP contribution in [0.3, 0.4) is 0 Å². The third-order valence-electron chi connectivity index (χ3n) is 2.61. The number of hydrogen-bond acceptors (Lipinski definition) is 2. The van der Waals surface area contributed by atoms with Crippen LogP contribution in [0.5, 0.6) is 5.75 Å². The molecule has 0 saturated heterocycles. The van der Waals surface area contributed by atoms with E-state index < -0.39 is 11.7 Å². The lowest BCUT2D eigenvalue weighted by atomic mass is 10.2. The van der Waals surface area contributed by atoms with E-state index in [-0.39, 0.29) is 10.0 Å². The zero-order valence-corrected chi connectivity index (χ0v) is 12.8. The number of amides is 1. The lowest BCUT2D eigenvalue weighted by Crippen LogP contribution is -2.13. The minimum Gasteiger partial charge on any atom is -0.495 e. The lowest BCUT2D eigenvalue weighted by molar-refractivity contribution is 0.102. The van der Waals surface area contributed by atoms with Gasteiger partial charge in [-0.1, -0.05) is 17.7 Å². The first-order valence-electron chi connectivity index (χ1n) is 5.62. The van der Waals surface area contributed by atoms with Gasteiger partial charge in [0.25, 0.3) is 5.91 Å². The van der Waals surface area contributed by atoms with E-state index >= 15 is 0 Å². The van der Waals surface area contributed by atoms with Crippen molar-refractivity contribution in [2.24, 2.45) is 0 Å². The van der Waals surface area contributed by atoms with E-state index in [1.807, 2.05) is 0 Å². The molecule has 6 heteroatoms. The Morgan fingerprint density at radius 3 is 2.75 bits per heavy atom. The normalized spacial score (nSPS) is 10.2. The Kier molecular flexibility index (Phi) is 4.62. The van der Waals surface area contributed by atoms with Gasteiger partial charge in [0.15, 0.2) is 0 Å². The van der Waals surface area contributed by atoms with Crippen LogP contribution in [0, 0.1) is 5.82 Å². The Morgan fingerprint density at radius 1 is 1.35 bits per heavy atom. The summed E-state index contributed by atoms with van der Waals surface area (Å²) in [4.78, 5) is 12.1. The molecule has 0 fully saturated rings. The predicted octanol–water partition coefficient (Wildman–Crippen LogP) is 4.50. The molecule has 0 heterocycles. The number of nitrogens with one attached hydrogen (secondary N) is 1. The number of benzene rings is 2. The van der Waals surface area contributed by atoms with E-state index in [0.29, 0.717) is 16.5 Å². The van der Waals surface area contributed by atoms with Crippen molar-refractivity contribution in [1.82, 2.24) is 0 Å². The van der Waals surface area contributed by atoms with Gasteiger partial charge in [-0.25, -0.2) is 4.39 Å². The van der Waals surface area contributed by atoms with Gasteiger partial charge in [0.2, 0.25) is 0 Å². The van der Waals surface area contributed by atoms with Gasteiger partial charge >= 0.3 is 0 Å². The highest BCUT2D eigenvalue weighted by Gasteiger charge is 2.13. The average molecular weight is 359 g/mol. The molecule has 0 aliphatic carbocycles. The smallest absolute Gasteiger partial charge is 0.256 e. The Bertz CT molecular complexity index is 664. The molecule has 20 heavy (non-hydrogen) atoms. The number of carbonyl (C=O) groups is 1. The van der Waals surface area contributed by atoms with Crippen LogP contribution in [0.15, 0.2) is 40.9 Å². The highest BCUT2D eigenvalue weighted by atomic mass is 79.9. The summed E-state index contributed by atoms with van der Waals surface area (Å²) >= 11 is 9.02. The van der Waals surface area contributed by atoms with Crippen molar-refractivity contribution in [3.63, 3.8) is 0 Å². The van der Waals surface area contributed by atoms with E-state index in [1.165, 1.54) is 25.3 Å². The van der Waals surface area contributed by atoms with Crippen molar-refractivity contribution in [3.8, 4) is 5.75 Å². The highest BCUT2D eigenvalue weighted by Crippen LogP contribution is 2.28. The van der Waals surface area contributed by atoms with E-state index in [2.05, 4.69) is 21.2 Å². The van der Waals surface area contributed by atoms with Crippen molar-refractivity contribution < 1.29 is 13.9 Å². The van der Waals surface area contributed by atoms with Crippen LogP contribution in [0.25, 0.3) is 0 Å². The van der Waals surface area contributed by atoms with Crippen LogP contribution in [0.4, 0.5) is 10.1 Å². The van der Waals surface area contributed by atoms with Crippen molar-refractivity contribution in [2.75, 3.05) is 12.4 Å².